The molecule has 3 fully saturated rings. The molecule has 0 aromatic heterocycles. The van der Waals surface area contributed by atoms with Crippen molar-refractivity contribution in [2.45, 2.75) is 63.5 Å². The Bertz CT molecular complexity index is 516. The van der Waals surface area contributed by atoms with E-state index < -0.39 is 0 Å². The van der Waals surface area contributed by atoms with Gasteiger partial charge in [0, 0.05) is 31.6 Å². The fourth-order valence-corrected chi connectivity index (χ4v) is 5.06. The number of nitrogens with one attached hydrogen (secondary N) is 1. The Morgan fingerprint density at radius 2 is 1.92 bits per heavy atom. The molecule has 1 aliphatic carbocycles. The van der Waals surface area contributed by atoms with Crippen LogP contribution in [0.15, 0.2) is 0 Å². The van der Waals surface area contributed by atoms with Crippen molar-refractivity contribution in [1.82, 2.24) is 20.0 Å². The monoisotopic (exact) mass is 364 g/mol. The molecule has 0 aromatic carbocycles. The lowest BCUT2D eigenvalue weighted by Crippen LogP contribution is -2.63. The molecule has 2 heterocycles. The number of nitrogens with zero attached hydrogens (tertiary/aromatic N) is 3. The van der Waals surface area contributed by atoms with Crippen LogP contribution in [0.2, 0.25) is 0 Å². The van der Waals surface area contributed by atoms with Crippen molar-refractivity contribution in [3.05, 3.63) is 0 Å². The molecule has 2 saturated heterocycles. The number of carbonyl (C=O) groups is 2. The van der Waals surface area contributed by atoms with Crippen molar-refractivity contribution in [2.75, 3.05) is 47.3 Å². The Labute approximate surface area is 158 Å². The summed E-state index contributed by atoms with van der Waals surface area (Å²) >= 11 is 0. The van der Waals surface area contributed by atoms with Crippen molar-refractivity contribution >= 4 is 11.8 Å². The predicted molar refractivity (Wildman–Crippen MR) is 103 cm³/mol. The summed E-state index contributed by atoms with van der Waals surface area (Å²) < 4.78 is 0. The molecule has 0 spiro atoms. The second-order valence-corrected chi connectivity index (χ2v) is 8.86. The fraction of sp³-hybridized carbons (Fsp3) is 0.900. The zero-order chi connectivity index (χ0) is 18.7. The lowest BCUT2D eigenvalue weighted by atomic mass is 9.64. The molecular weight excluding hydrogens is 328 g/mol. The summed E-state index contributed by atoms with van der Waals surface area (Å²) in [6.45, 7) is 3.69. The molecule has 1 saturated carbocycles. The Balaban J connectivity index is 1.73. The van der Waals surface area contributed by atoms with E-state index in [4.69, 9.17) is 0 Å². The van der Waals surface area contributed by atoms with E-state index in [0.29, 0.717) is 12.5 Å². The van der Waals surface area contributed by atoms with Crippen LogP contribution in [-0.4, -0.2) is 85.9 Å². The van der Waals surface area contributed by atoms with E-state index >= 15 is 0 Å². The Morgan fingerprint density at radius 1 is 1.19 bits per heavy atom. The highest BCUT2D eigenvalue weighted by Crippen LogP contribution is 2.46. The molecule has 0 bridgehead atoms. The van der Waals surface area contributed by atoms with E-state index in [-0.39, 0.29) is 23.3 Å². The van der Waals surface area contributed by atoms with E-state index in [9.17, 15) is 9.59 Å². The van der Waals surface area contributed by atoms with Gasteiger partial charge in [-0.2, -0.15) is 0 Å². The fourth-order valence-electron chi connectivity index (χ4n) is 5.06. The van der Waals surface area contributed by atoms with Crippen molar-refractivity contribution in [3.63, 3.8) is 0 Å². The number of hydrogen-bond donors (Lipinski definition) is 1. The Morgan fingerprint density at radius 3 is 2.62 bits per heavy atom. The summed E-state index contributed by atoms with van der Waals surface area (Å²) in [5, 5.41) is 3.39. The number of amides is 2. The van der Waals surface area contributed by atoms with Crippen LogP contribution >= 0.6 is 0 Å². The lowest BCUT2D eigenvalue weighted by Gasteiger charge is -2.52. The van der Waals surface area contributed by atoms with Crippen LogP contribution < -0.4 is 5.32 Å². The third-order valence-electron chi connectivity index (χ3n) is 6.76. The van der Waals surface area contributed by atoms with Crippen LogP contribution in [-0.2, 0) is 9.59 Å². The summed E-state index contributed by atoms with van der Waals surface area (Å²) in [7, 11) is 6.22. The topological polar surface area (TPSA) is 55.9 Å². The number of likely N-dealkylation sites (tertiary alicyclic amines) is 2. The number of rotatable bonds is 5. The van der Waals surface area contributed by atoms with E-state index in [2.05, 4.69) is 22.2 Å². The number of fused-ring (bicyclic) bond motifs is 1. The lowest BCUT2D eigenvalue weighted by molar-refractivity contribution is -0.155. The van der Waals surface area contributed by atoms with Crippen LogP contribution in [0.4, 0.5) is 0 Å². The van der Waals surface area contributed by atoms with E-state index in [1.165, 1.54) is 0 Å². The van der Waals surface area contributed by atoms with Gasteiger partial charge in [0.1, 0.15) is 0 Å². The highest BCUT2D eigenvalue weighted by molar-refractivity contribution is 5.88. The first-order valence-electron chi connectivity index (χ1n) is 10.4. The molecule has 148 valence electrons. The van der Waals surface area contributed by atoms with E-state index in [1.807, 2.05) is 19.0 Å². The number of likely N-dealkylation sites (N-methyl/N-ethyl adjacent to an activating group) is 1. The molecule has 2 atom stereocenters. The predicted octanol–water partition coefficient (Wildman–Crippen LogP) is 1.31. The quantitative estimate of drug-likeness (QED) is 0.799. The third-order valence-corrected chi connectivity index (χ3v) is 6.76. The first-order valence-corrected chi connectivity index (χ1v) is 10.4. The van der Waals surface area contributed by atoms with E-state index in [1.54, 1.807) is 0 Å². The molecular formula is C20H36N4O2. The number of carbonyl (C=O) groups excluding carboxylic acids is 2. The van der Waals surface area contributed by atoms with Crippen molar-refractivity contribution < 1.29 is 9.59 Å². The largest absolute Gasteiger partial charge is 0.353 e. The molecule has 1 N–H and O–H groups in total. The smallest absolute Gasteiger partial charge is 0.228 e. The molecule has 0 radical (unpaired) electrons. The van der Waals surface area contributed by atoms with Gasteiger partial charge in [0.25, 0.3) is 0 Å². The van der Waals surface area contributed by atoms with Crippen LogP contribution in [0.25, 0.3) is 0 Å². The molecule has 3 aliphatic rings. The van der Waals surface area contributed by atoms with Crippen LogP contribution in [0, 0.1) is 5.41 Å². The molecule has 2 amide bonds. The van der Waals surface area contributed by atoms with Gasteiger partial charge in [-0.05, 0) is 66.3 Å². The van der Waals surface area contributed by atoms with Crippen LogP contribution in [0.5, 0.6) is 0 Å². The van der Waals surface area contributed by atoms with Gasteiger partial charge in [-0.15, -0.1) is 0 Å². The highest BCUT2D eigenvalue weighted by atomic mass is 16.2. The standard InChI is InChI=1S/C20H36N4O2/c1-22(2)14-15-24-17-6-4-5-10-20(17,11-7-18(24)25)19(26)21-16-8-12-23(3)13-9-16/h16-17H,4-15H2,1-3H3,(H,21,26)/t17-,20-/m1/s1. The second-order valence-electron chi connectivity index (χ2n) is 8.86. The van der Waals surface area contributed by atoms with Gasteiger partial charge in [0.2, 0.25) is 11.8 Å². The minimum absolute atomic E-state index is 0.0868. The Hall–Kier alpha value is -1.14. The SMILES string of the molecule is CN(C)CCN1C(=O)CC[C@]2(C(=O)NC3CCN(C)CC3)CCCC[C@@H]12. The molecule has 6 nitrogen and oxygen atoms in total. The van der Waals surface area contributed by atoms with Gasteiger partial charge in [0.05, 0.1) is 5.41 Å². The van der Waals surface area contributed by atoms with Gasteiger partial charge in [-0.25, -0.2) is 0 Å². The van der Waals surface area contributed by atoms with Gasteiger partial charge in [-0.1, -0.05) is 12.8 Å². The average Bonchev–Trinajstić information content (AvgIpc) is 2.62. The molecule has 26 heavy (non-hydrogen) atoms. The highest BCUT2D eigenvalue weighted by Gasteiger charge is 2.53. The van der Waals surface area contributed by atoms with Gasteiger partial charge >= 0.3 is 0 Å². The van der Waals surface area contributed by atoms with Crippen molar-refractivity contribution in [1.29, 1.82) is 0 Å². The summed E-state index contributed by atoms with van der Waals surface area (Å²) in [6, 6.07) is 0.382. The maximum Gasteiger partial charge on any atom is 0.228 e. The van der Waals surface area contributed by atoms with E-state index in [0.717, 1.165) is 71.1 Å². The maximum absolute atomic E-state index is 13.4. The second kappa shape index (κ2) is 8.26. The first kappa shape index (κ1) is 19.6. The van der Waals surface area contributed by atoms with Gasteiger partial charge in [-0.3, -0.25) is 9.59 Å². The molecule has 6 heteroatoms. The summed E-state index contributed by atoms with van der Waals surface area (Å²) in [5.41, 5.74) is -0.359. The third kappa shape index (κ3) is 4.06. The molecule has 2 aliphatic heterocycles. The maximum atomic E-state index is 13.4. The summed E-state index contributed by atoms with van der Waals surface area (Å²) in [4.78, 5) is 32.5. The zero-order valence-corrected chi connectivity index (χ0v) is 16.8. The Kier molecular flexibility index (Phi) is 6.23. The normalized spacial score (nSPS) is 31.2. The molecule has 0 aromatic rings. The first-order chi connectivity index (χ1) is 12.4. The molecule has 3 rings (SSSR count). The average molecular weight is 365 g/mol. The minimum atomic E-state index is -0.359. The van der Waals surface area contributed by atoms with Crippen LogP contribution in [0.1, 0.15) is 51.4 Å². The van der Waals surface area contributed by atoms with Gasteiger partial charge < -0.3 is 20.0 Å². The summed E-state index contributed by atoms with van der Waals surface area (Å²) in [6.07, 6.45) is 7.45. The number of hydrogen-bond acceptors (Lipinski definition) is 4. The molecule has 0 unspecified atom stereocenters. The van der Waals surface area contributed by atoms with Crippen molar-refractivity contribution in [2.24, 2.45) is 5.41 Å². The van der Waals surface area contributed by atoms with Crippen LogP contribution in [0.3, 0.4) is 0 Å². The zero-order valence-electron chi connectivity index (χ0n) is 16.8. The summed E-state index contributed by atoms with van der Waals surface area (Å²) in [5.74, 6) is 0.459. The van der Waals surface area contributed by atoms with Gasteiger partial charge in [0.15, 0.2) is 0 Å². The van der Waals surface area contributed by atoms with Crippen molar-refractivity contribution in [3.8, 4) is 0 Å². The minimum Gasteiger partial charge on any atom is -0.353 e. The number of piperidine rings is 2.